The van der Waals surface area contributed by atoms with Gasteiger partial charge >= 0.3 is 11.9 Å². The predicted octanol–water partition coefficient (Wildman–Crippen LogP) is 3.68. The molecule has 0 radical (unpaired) electrons. The number of nitrogens with zero attached hydrogens (tertiary/aromatic N) is 1. The summed E-state index contributed by atoms with van der Waals surface area (Å²) in [4.78, 5) is 52.4. The molecule has 1 aromatic carbocycles. The van der Waals surface area contributed by atoms with Gasteiger partial charge in [-0.15, -0.1) is 5.06 Å². The van der Waals surface area contributed by atoms with Crippen molar-refractivity contribution in [3.63, 3.8) is 0 Å². The molecular formula is C22H29NO6. The van der Waals surface area contributed by atoms with Gasteiger partial charge in [-0.3, -0.25) is 14.4 Å². The molecule has 2 amide bonds. The number of benzene rings is 1. The first-order chi connectivity index (χ1) is 13.9. The number of carboxylic acid groups (broad SMARTS) is 1. The lowest BCUT2D eigenvalue weighted by molar-refractivity contribution is -0.201. The highest BCUT2D eigenvalue weighted by molar-refractivity contribution is 6.01. The van der Waals surface area contributed by atoms with Gasteiger partial charge in [-0.1, -0.05) is 44.2 Å². The number of hydroxylamine groups is 2. The summed E-state index contributed by atoms with van der Waals surface area (Å²) < 4.78 is 0. The fraction of sp³-hybridized carbons (Fsp3) is 0.545. The van der Waals surface area contributed by atoms with Crippen molar-refractivity contribution in [3.8, 4) is 0 Å². The zero-order chi connectivity index (χ0) is 21.4. The SMILES string of the molecule is CCC(CCC(CC(CC)c1ccccc1)C(=O)O)C(=O)ON1C(=O)CCC1=O. The van der Waals surface area contributed by atoms with Crippen LogP contribution >= 0.6 is 0 Å². The molecular weight excluding hydrogens is 374 g/mol. The van der Waals surface area contributed by atoms with Gasteiger partial charge in [0, 0.05) is 12.8 Å². The number of carbonyl (C=O) groups excluding carboxylic acids is 3. The molecule has 2 rings (SSSR count). The molecule has 0 saturated carbocycles. The zero-order valence-electron chi connectivity index (χ0n) is 17.0. The number of amides is 2. The predicted molar refractivity (Wildman–Crippen MR) is 105 cm³/mol. The number of carbonyl (C=O) groups is 4. The largest absolute Gasteiger partial charge is 0.481 e. The van der Waals surface area contributed by atoms with Crippen LogP contribution < -0.4 is 0 Å². The monoisotopic (exact) mass is 403 g/mol. The molecule has 0 spiro atoms. The molecule has 3 atom stereocenters. The van der Waals surface area contributed by atoms with E-state index in [1.54, 1.807) is 6.92 Å². The smallest absolute Gasteiger partial charge is 0.336 e. The van der Waals surface area contributed by atoms with E-state index in [2.05, 4.69) is 0 Å². The second-order valence-electron chi connectivity index (χ2n) is 7.46. The third kappa shape index (κ3) is 6.14. The summed E-state index contributed by atoms with van der Waals surface area (Å²) in [5, 5.41) is 10.2. The molecule has 0 bridgehead atoms. The number of hydrogen-bond donors (Lipinski definition) is 1. The second-order valence-corrected chi connectivity index (χ2v) is 7.46. The lowest BCUT2D eigenvalue weighted by Gasteiger charge is -2.22. The summed E-state index contributed by atoms with van der Waals surface area (Å²) in [7, 11) is 0. The fourth-order valence-electron chi connectivity index (χ4n) is 3.66. The minimum atomic E-state index is -0.882. The Morgan fingerprint density at radius 2 is 1.59 bits per heavy atom. The van der Waals surface area contributed by atoms with Crippen molar-refractivity contribution in [1.82, 2.24) is 5.06 Å². The molecule has 1 fully saturated rings. The van der Waals surface area contributed by atoms with Crippen molar-refractivity contribution < 1.29 is 29.1 Å². The average molecular weight is 403 g/mol. The first-order valence-electron chi connectivity index (χ1n) is 10.2. The number of hydrogen-bond acceptors (Lipinski definition) is 5. The number of imide groups is 1. The molecule has 1 aliphatic heterocycles. The topological polar surface area (TPSA) is 101 Å². The molecule has 29 heavy (non-hydrogen) atoms. The maximum Gasteiger partial charge on any atom is 0.336 e. The highest BCUT2D eigenvalue weighted by atomic mass is 16.7. The van der Waals surface area contributed by atoms with Gasteiger partial charge in [0.15, 0.2) is 0 Å². The Morgan fingerprint density at radius 1 is 1.00 bits per heavy atom. The first kappa shape index (κ1) is 22.6. The van der Waals surface area contributed by atoms with E-state index in [9.17, 15) is 24.3 Å². The highest BCUT2D eigenvalue weighted by Gasteiger charge is 2.35. The van der Waals surface area contributed by atoms with Crippen molar-refractivity contribution in [2.45, 2.75) is 64.7 Å². The molecule has 0 aliphatic carbocycles. The van der Waals surface area contributed by atoms with Crippen LogP contribution in [0.25, 0.3) is 0 Å². The lowest BCUT2D eigenvalue weighted by Crippen LogP contribution is -2.34. The molecule has 1 saturated heterocycles. The van der Waals surface area contributed by atoms with Crippen molar-refractivity contribution in [2.75, 3.05) is 0 Å². The summed E-state index contributed by atoms with van der Waals surface area (Å²) in [6.07, 6.45) is 2.50. The quantitative estimate of drug-likeness (QED) is 0.566. The van der Waals surface area contributed by atoms with E-state index in [4.69, 9.17) is 4.84 Å². The standard InChI is InChI=1S/C22H29NO6/c1-3-15(22(28)29-23-19(24)12-13-20(23)25)10-11-18(21(26)27)14-16(4-2)17-8-6-5-7-9-17/h5-9,15-16,18H,3-4,10-14H2,1-2H3,(H,26,27). The van der Waals surface area contributed by atoms with Gasteiger partial charge in [0.2, 0.25) is 0 Å². The Kier molecular flexibility index (Phi) is 8.36. The van der Waals surface area contributed by atoms with Crippen molar-refractivity contribution in [1.29, 1.82) is 0 Å². The molecule has 7 heteroatoms. The highest BCUT2D eigenvalue weighted by Crippen LogP contribution is 2.30. The molecule has 3 unspecified atom stereocenters. The van der Waals surface area contributed by atoms with Gasteiger partial charge in [0.1, 0.15) is 0 Å². The zero-order valence-corrected chi connectivity index (χ0v) is 17.0. The second kappa shape index (κ2) is 10.7. The van der Waals surface area contributed by atoms with Crippen LogP contribution in [0, 0.1) is 11.8 Å². The van der Waals surface area contributed by atoms with Gasteiger partial charge < -0.3 is 9.94 Å². The van der Waals surface area contributed by atoms with Crippen LogP contribution in [0.1, 0.15) is 70.3 Å². The minimum Gasteiger partial charge on any atom is -0.481 e. The number of aliphatic carboxylic acids is 1. The van der Waals surface area contributed by atoms with Gasteiger partial charge in [-0.25, -0.2) is 4.79 Å². The van der Waals surface area contributed by atoms with Crippen LogP contribution in [0.4, 0.5) is 0 Å². The van der Waals surface area contributed by atoms with Crippen molar-refractivity contribution >= 4 is 23.8 Å². The van der Waals surface area contributed by atoms with Crippen LogP contribution in [0.3, 0.4) is 0 Å². The van der Waals surface area contributed by atoms with E-state index in [0.717, 1.165) is 12.0 Å². The summed E-state index contributed by atoms with van der Waals surface area (Å²) >= 11 is 0. The Labute approximate surface area is 171 Å². The summed E-state index contributed by atoms with van der Waals surface area (Å²) in [5.41, 5.74) is 1.11. The number of rotatable bonds is 11. The van der Waals surface area contributed by atoms with E-state index in [1.165, 1.54) is 0 Å². The lowest BCUT2D eigenvalue weighted by atomic mass is 9.83. The van der Waals surface area contributed by atoms with Gasteiger partial charge in [0.05, 0.1) is 11.8 Å². The molecule has 1 heterocycles. The third-order valence-electron chi connectivity index (χ3n) is 5.56. The Balaban J connectivity index is 1.96. The maximum atomic E-state index is 12.4. The molecule has 1 aliphatic rings. The fourth-order valence-corrected chi connectivity index (χ4v) is 3.66. The molecule has 7 nitrogen and oxygen atoms in total. The Hall–Kier alpha value is -2.70. The normalized spacial score (nSPS) is 17.1. The van der Waals surface area contributed by atoms with Gasteiger partial charge in [-0.2, -0.15) is 0 Å². The van der Waals surface area contributed by atoms with Crippen LogP contribution in [-0.2, 0) is 24.0 Å². The summed E-state index contributed by atoms with van der Waals surface area (Å²) in [5.74, 6) is -3.59. The van der Waals surface area contributed by atoms with E-state index in [-0.39, 0.29) is 18.8 Å². The molecule has 1 aromatic rings. The molecule has 158 valence electrons. The van der Waals surface area contributed by atoms with Crippen LogP contribution in [-0.4, -0.2) is 33.9 Å². The van der Waals surface area contributed by atoms with Crippen LogP contribution in [0.5, 0.6) is 0 Å². The van der Waals surface area contributed by atoms with Crippen LogP contribution in [0.2, 0.25) is 0 Å². The van der Waals surface area contributed by atoms with Crippen LogP contribution in [0.15, 0.2) is 30.3 Å². The van der Waals surface area contributed by atoms with Crippen molar-refractivity contribution in [2.24, 2.45) is 11.8 Å². The van der Waals surface area contributed by atoms with Gasteiger partial charge in [0.25, 0.3) is 11.8 Å². The third-order valence-corrected chi connectivity index (χ3v) is 5.56. The first-order valence-corrected chi connectivity index (χ1v) is 10.2. The van der Waals surface area contributed by atoms with E-state index >= 15 is 0 Å². The molecule has 1 N–H and O–H groups in total. The summed E-state index contributed by atoms with van der Waals surface area (Å²) in [6.45, 7) is 3.83. The van der Waals surface area contributed by atoms with E-state index < -0.39 is 35.6 Å². The molecule has 0 aromatic heterocycles. The maximum absolute atomic E-state index is 12.4. The summed E-state index contributed by atoms with van der Waals surface area (Å²) in [6, 6.07) is 9.82. The Bertz CT molecular complexity index is 716. The minimum absolute atomic E-state index is 0.0435. The Morgan fingerprint density at radius 3 is 2.10 bits per heavy atom. The number of carboxylic acids is 1. The van der Waals surface area contributed by atoms with Crippen molar-refractivity contribution in [3.05, 3.63) is 35.9 Å². The van der Waals surface area contributed by atoms with Gasteiger partial charge in [-0.05, 0) is 43.6 Å². The van der Waals surface area contributed by atoms with E-state index in [1.807, 2.05) is 37.3 Å². The van der Waals surface area contributed by atoms with E-state index in [0.29, 0.717) is 30.7 Å². The average Bonchev–Trinajstić information content (AvgIpc) is 3.03.